The summed E-state index contributed by atoms with van der Waals surface area (Å²) in [6.45, 7) is 5.83. The van der Waals surface area contributed by atoms with E-state index in [2.05, 4.69) is 13.8 Å². The van der Waals surface area contributed by atoms with Crippen LogP contribution >= 0.6 is 0 Å². The fourth-order valence-corrected chi connectivity index (χ4v) is 8.65. The van der Waals surface area contributed by atoms with E-state index in [0.717, 1.165) is 50.9 Å². The molecule has 0 aliphatic heterocycles. The van der Waals surface area contributed by atoms with Crippen LogP contribution in [0.1, 0.15) is 97.8 Å². The minimum Gasteiger partial charge on any atom is -0.393 e. The molecule has 2 nitrogen and oxygen atoms in total. The first-order valence-corrected chi connectivity index (χ1v) is 12.4. The van der Waals surface area contributed by atoms with Crippen molar-refractivity contribution in [3.63, 3.8) is 0 Å². The topological polar surface area (TPSA) is 40.5 Å². The van der Waals surface area contributed by atoms with Gasteiger partial charge in [0.2, 0.25) is 0 Å². The van der Waals surface area contributed by atoms with E-state index in [1.165, 1.54) is 32.1 Å². The van der Waals surface area contributed by atoms with Crippen LogP contribution in [0.3, 0.4) is 0 Å². The van der Waals surface area contributed by atoms with Crippen molar-refractivity contribution in [3.05, 3.63) is 0 Å². The van der Waals surface area contributed by atoms with Crippen LogP contribution in [0.4, 0.5) is 13.2 Å². The molecule has 4 aliphatic rings. The lowest BCUT2D eigenvalue weighted by Crippen LogP contribution is -2.53. The zero-order valence-corrected chi connectivity index (χ0v) is 19.0. The molecule has 174 valence electrons. The molecular formula is C25H41F3O2. The summed E-state index contributed by atoms with van der Waals surface area (Å²) in [6.07, 6.45) is 6.79. The average Bonchev–Trinajstić information content (AvgIpc) is 2.98. The highest BCUT2D eigenvalue weighted by atomic mass is 19.4. The van der Waals surface area contributed by atoms with E-state index in [0.29, 0.717) is 29.6 Å². The SMILES string of the molecule is CC12CCC3C(CCC4CC(O)CCC43C)C1CCC2CCC[C@@](C)(O)C(F)(F)F. The van der Waals surface area contributed by atoms with Crippen LogP contribution < -0.4 is 0 Å². The molecule has 0 aromatic rings. The second kappa shape index (κ2) is 7.64. The summed E-state index contributed by atoms with van der Waals surface area (Å²) in [5, 5.41) is 20.0. The van der Waals surface area contributed by atoms with Crippen LogP contribution in [0, 0.1) is 40.4 Å². The first-order valence-electron chi connectivity index (χ1n) is 12.4. The lowest BCUT2D eigenvalue weighted by atomic mass is 9.44. The molecule has 5 heteroatoms. The molecule has 0 spiro atoms. The Balaban J connectivity index is 1.42. The van der Waals surface area contributed by atoms with Gasteiger partial charge < -0.3 is 10.2 Å². The average molecular weight is 431 g/mol. The highest BCUT2D eigenvalue weighted by Crippen LogP contribution is 2.68. The molecule has 0 aromatic carbocycles. The van der Waals surface area contributed by atoms with Crippen LogP contribution in [-0.4, -0.2) is 28.1 Å². The summed E-state index contributed by atoms with van der Waals surface area (Å²) in [6, 6.07) is 0. The maximum absolute atomic E-state index is 13.0. The standard InChI is InChI=1S/C25H41F3O2/c1-22-14-11-21-19(8-6-17-15-18(29)10-13-23(17,21)2)20(22)9-7-16(22)5-4-12-24(3,30)25(26,27)28/h16-21,29-30H,4-15H2,1-3H3/t16?,17?,18?,19?,20?,21?,22?,23?,24-/m1/s1. The van der Waals surface area contributed by atoms with Crippen molar-refractivity contribution in [2.75, 3.05) is 0 Å². The van der Waals surface area contributed by atoms with Crippen molar-refractivity contribution in [1.29, 1.82) is 0 Å². The van der Waals surface area contributed by atoms with Crippen LogP contribution in [0.15, 0.2) is 0 Å². The van der Waals surface area contributed by atoms with Gasteiger partial charge in [0.25, 0.3) is 0 Å². The Kier molecular flexibility index (Phi) is 5.83. The Labute approximate surface area is 180 Å². The summed E-state index contributed by atoms with van der Waals surface area (Å²) in [5.41, 5.74) is -1.95. The monoisotopic (exact) mass is 430 g/mol. The molecule has 2 N–H and O–H groups in total. The quantitative estimate of drug-likeness (QED) is 0.535. The number of hydrogen-bond acceptors (Lipinski definition) is 2. The molecular weight excluding hydrogens is 389 g/mol. The van der Waals surface area contributed by atoms with Gasteiger partial charge in [0, 0.05) is 0 Å². The summed E-state index contributed by atoms with van der Waals surface area (Å²) in [7, 11) is 0. The van der Waals surface area contributed by atoms with E-state index in [1.54, 1.807) is 0 Å². The minimum absolute atomic E-state index is 0.113. The Morgan fingerprint density at radius 1 is 0.900 bits per heavy atom. The van der Waals surface area contributed by atoms with Gasteiger partial charge in [-0.05, 0) is 124 Å². The van der Waals surface area contributed by atoms with Gasteiger partial charge in [-0.3, -0.25) is 0 Å². The number of aliphatic hydroxyl groups excluding tert-OH is 1. The first-order chi connectivity index (χ1) is 13.9. The van der Waals surface area contributed by atoms with Crippen LogP contribution in [0.25, 0.3) is 0 Å². The minimum atomic E-state index is -4.55. The molecule has 0 amide bonds. The second-order valence-electron chi connectivity index (χ2n) is 12.1. The van der Waals surface area contributed by atoms with E-state index in [1.807, 2.05) is 0 Å². The third-order valence-corrected chi connectivity index (χ3v) is 10.7. The molecule has 4 rings (SSSR count). The van der Waals surface area contributed by atoms with Crippen molar-refractivity contribution < 1.29 is 23.4 Å². The Hall–Kier alpha value is -0.290. The Morgan fingerprint density at radius 3 is 2.27 bits per heavy atom. The van der Waals surface area contributed by atoms with Crippen molar-refractivity contribution in [3.8, 4) is 0 Å². The van der Waals surface area contributed by atoms with Gasteiger partial charge in [-0.15, -0.1) is 0 Å². The smallest absolute Gasteiger partial charge is 0.393 e. The molecule has 4 saturated carbocycles. The molecule has 8 unspecified atom stereocenters. The van der Waals surface area contributed by atoms with Crippen molar-refractivity contribution in [2.24, 2.45) is 40.4 Å². The fraction of sp³-hybridized carbons (Fsp3) is 1.00. The fourth-order valence-electron chi connectivity index (χ4n) is 8.65. The number of rotatable bonds is 4. The summed E-state index contributed by atoms with van der Waals surface area (Å²) >= 11 is 0. The predicted octanol–water partition coefficient (Wildman–Crippen LogP) is 6.49. The number of fused-ring (bicyclic) bond motifs is 5. The van der Waals surface area contributed by atoms with Gasteiger partial charge in [0.1, 0.15) is 0 Å². The lowest BCUT2D eigenvalue weighted by molar-refractivity contribution is -0.255. The third kappa shape index (κ3) is 3.64. The van der Waals surface area contributed by atoms with E-state index >= 15 is 0 Å². The highest BCUT2D eigenvalue weighted by molar-refractivity contribution is 5.09. The van der Waals surface area contributed by atoms with Crippen LogP contribution in [0.2, 0.25) is 0 Å². The predicted molar refractivity (Wildman–Crippen MR) is 112 cm³/mol. The zero-order valence-electron chi connectivity index (χ0n) is 19.0. The third-order valence-electron chi connectivity index (χ3n) is 10.7. The van der Waals surface area contributed by atoms with Gasteiger partial charge in [-0.2, -0.15) is 13.2 Å². The molecule has 4 fully saturated rings. The second-order valence-corrected chi connectivity index (χ2v) is 12.1. The van der Waals surface area contributed by atoms with E-state index in [-0.39, 0.29) is 17.9 Å². The van der Waals surface area contributed by atoms with Crippen LogP contribution in [0.5, 0.6) is 0 Å². The van der Waals surface area contributed by atoms with Gasteiger partial charge in [0.05, 0.1) is 6.10 Å². The van der Waals surface area contributed by atoms with Crippen molar-refractivity contribution in [2.45, 2.75) is 116 Å². The number of aliphatic hydroxyl groups is 2. The van der Waals surface area contributed by atoms with Crippen molar-refractivity contribution >= 4 is 0 Å². The van der Waals surface area contributed by atoms with E-state index < -0.39 is 11.8 Å². The molecule has 0 saturated heterocycles. The summed E-state index contributed by atoms with van der Waals surface area (Å²) in [5.74, 6) is 3.36. The number of halogens is 3. The maximum atomic E-state index is 13.0. The number of alkyl halides is 3. The van der Waals surface area contributed by atoms with Crippen molar-refractivity contribution in [1.82, 2.24) is 0 Å². The summed E-state index contributed by atoms with van der Waals surface area (Å²) < 4.78 is 39.0. The Bertz CT molecular complexity index is 632. The first kappa shape index (κ1) is 22.9. The van der Waals surface area contributed by atoms with E-state index in [9.17, 15) is 23.4 Å². The highest BCUT2D eigenvalue weighted by Gasteiger charge is 2.60. The normalized spacial score (nSPS) is 48.4. The number of hydrogen-bond donors (Lipinski definition) is 2. The van der Waals surface area contributed by atoms with Gasteiger partial charge in [0.15, 0.2) is 5.60 Å². The molecule has 0 bridgehead atoms. The van der Waals surface area contributed by atoms with Crippen LogP contribution in [-0.2, 0) is 0 Å². The lowest BCUT2D eigenvalue weighted by Gasteiger charge is -2.61. The van der Waals surface area contributed by atoms with E-state index in [4.69, 9.17) is 0 Å². The molecule has 0 radical (unpaired) electrons. The molecule has 30 heavy (non-hydrogen) atoms. The summed E-state index contributed by atoms with van der Waals surface area (Å²) in [4.78, 5) is 0. The molecule has 9 atom stereocenters. The molecule has 0 heterocycles. The largest absolute Gasteiger partial charge is 0.416 e. The van der Waals surface area contributed by atoms with Gasteiger partial charge in [-0.25, -0.2) is 0 Å². The zero-order chi connectivity index (χ0) is 21.9. The Morgan fingerprint density at radius 2 is 1.57 bits per heavy atom. The van der Waals surface area contributed by atoms with Gasteiger partial charge >= 0.3 is 6.18 Å². The van der Waals surface area contributed by atoms with Gasteiger partial charge in [-0.1, -0.05) is 13.8 Å². The maximum Gasteiger partial charge on any atom is 0.416 e. The molecule has 0 aromatic heterocycles. The molecule has 4 aliphatic carbocycles.